The van der Waals surface area contributed by atoms with Crippen LogP contribution in [-0.2, 0) is 16.6 Å². The van der Waals surface area contributed by atoms with Crippen molar-refractivity contribution in [3.8, 4) is 5.69 Å². The molecule has 25 heavy (non-hydrogen) atoms. The molecular formula is C17H16FN3O3S. The van der Waals surface area contributed by atoms with Gasteiger partial charge in [-0.25, -0.2) is 22.5 Å². The Bertz CT molecular complexity index is 1080. The van der Waals surface area contributed by atoms with E-state index < -0.39 is 15.8 Å². The number of benzene rings is 2. The van der Waals surface area contributed by atoms with Gasteiger partial charge in [0.15, 0.2) is 0 Å². The van der Waals surface area contributed by atoms with Gasteiger partial charge in [-0.05, 0) is 43.3 Å². The number of hydrogen-bond donors (Lipinski definition) is 1. The Morgan fingerprint density at radius 1 is 1.12 bits per heavy atom. The molecule has 0 aliphatic carbocycles. The molecule has 1 aromatic heterocycles. The maximum Gasteiger partial charge on any atom is 0.266 e. The predicted molar refractivity (Wildman–Crippen MR) is 93.6 cm³/mol. The number of sulfonamides is 1. The molecule has 1 N–H and O–H groups in total. The maximum atomic E-state index is 13.2. The van der Waals surface area contributed by atoms with Gasteiger partial charge in [-0.2, -0.15) is 0 Å². The van der Waals surface area contributed by atoms with E-state index in [-0.39, 0.29) is 23.7 Å². The zero-order valence-electron chi connectivity index (χ0n) is 13.4. The third-order valence-electron chi connectivity index (χ3n) is 3.76. The first-order valence-electron chi connectivity index (χ1n) is 7.65. The average molecular weight is 361 g/mol. The quantitative estimate of drug-likeness (QED) is 0.753. The Kier molecular flexibility index (Phi) is 4.65. The lowest BCUT2D eigenvalue weighted by Gasteiger charge is -2.14. The van der Waals surface area contributed by atoms with Crippen molar-refractivity contribution in [3.05, 3.63) is 70.5 Å². The van der Waals surface area contributed by atoms with Gasteiger partial charge in [0.25, 0.3) is 5.56 Å². The Balaban J connectivity index is 2.20. The number of fused-ring (bicyclic) bond motifs is 1. The normalized spacial score (nSPS) is 11.8. The van der Waals surface area contributed by atoms with Gasteiger partial charge < -0.3 is 0 Å². The molecule has 0 unspecified atom stereocenters. The van der Waals surface area contributed by atoms with Crippen LogP contribution < -0.4 is 10.3 Å². The highest BCUT2D eigenvalue weighted by atomic mass is 32.2. The summed E-state index contributed by atoms with van der Waals surface area (Å²) in [5.41, 5.74) is 0.537. The molecule has 0 aliphatic heterocycles. The lowest BCUT2D eigenvalue weighted by Crippen LogP contribution is -2.31. The zero-order chi connectivity index (χ0) is 18.0. The summed E-state index contributed by atoms with van der Waals surface area (Å²) in [4.78, 5) is 17.3. The first kappa shape index (κ1) is 17.2. The molecule has 2 aromatic carbocycles. The highest BCUT2D eigenvalue weighted by Crippen LogP contribution is 2.14. The maximum absolute atomic E-state index is 13.2. The summed E-state index contributed by atoms with van der Waals surface area (Å²) in [6.45, 7) is 1.37. The van der Waals surface area contributed by atoms with Crippen LogP contribution in [-0.4, -0.2) is 23.7 Å². The summed E-state index contributed by atoms with van der Waals surface area (Å²) in [7, 11) is -3.45. The van der Waals surface area contributed by atoms with Gasteiger partial charge >= 0.3 is 0 Å². The van der Waals surface area contributed by atoms with Crippen molar-refractivity contribution in [1.29, 1.82) is 0 Å². The van der Waals surface area contributed by atoms with E-state index in [9.17, 15) is 17.6 Å². The highest BCUT2D eigenvalue weighted by Gasteiger charge is 2.15. The third-order valence-corrected chi connectivity index (χ3v) is 5.10. The fraction of sp³-hybridized carbons (Fsp3) is 0.176. The van der Waals surface area contributed by atoms with E-state index in [0.717, 1.165) is 0 Å². The molecule has 3 rings (SSSR count). The second kappa shape index (κ2) is 6.73. The first-order chi connectivity index (χ1) is 11.9. The molecule has 0 aliphatic rings. The third kappa shape index (κ3) is 3.59. The molecule has 0 fully saturated rings. The van der Waals surface area contributed by atoms with Crippen LogP contribution >= 0.6 is 0 Å². The van der Waals surface area contributed by atoms with Gasteiger partial charge in [0.05, 0.1) is 28.9 Å². The minimum absolute atomic E-state index is 0.0820. The van der Waals surface area contributed by atoms with Crippen LogP contribution in [0.5, 0.6) is 0 Å². The second-order valence-corrected chi connectivity index (χ2v) is 7.48. The van der Waals surface area contributed by atoms with E-state index >= 15 is 0 Å². The van der Waals surface area contributed by atoms with Crippen molar-refractivity contribution in [2.24, 2.45) is 0 Å². The fourth-order valence-electron chi connectivity index (χ4n) is 2.43. The van der Waals surface area contributed by atoms with E-state index in [2.05, 4.69) is 9.71 Å². The van der Waals surface area contributed by atoms with Gasteiger partial charge in [0.1, 0.15) is 11.6 Å². The summed E-state index contributed by atoms with van der Waals surface area (Å²) in [6.07, 6.45) is 0. The number of halogens is 1. The lowest BCUT2D eigenvalue weighted by molar-refractivity contribution is 0.579. The minimum Gasteiger partial charge on any atom is -0.268 e. The molecular weight excluding hydrogens is 345 g/mol. The summed E-state index contributed by atoms with van der Waals surface area (Å²) in [5.74, 6) is -0.285. The van der Waals surface area contributed by atoms with E-state index in [1.54, 1.807) is 24.3 Å². The van der Waals surface area contributed by atoms with Gasteiger partial charge in [0.2, 0.25) is 10.0 Å². The Morgan fingerprint density at radius 3 is 2.48 bits per heavy atom. The first-order valence-corrected chi connectivity index (χ1v) is 9.30. The molecule has 130 valence electrons. The van der Waals surface area contributed by atoms with E-state index in [1.165, 1.54) is 35.8 Å². The Hall–Kier alpha value is -2.58. The van der Waals surface area contributed by atoms with Crippen molar-refractivity contribution >= 4 is 20.9 Å². The molecule has 3 aromatic rings. The number of nitrogens with zero attached hydrogens (tertiary/aromatic N) is 2. The summed E-state index contributed by atoms with van der Waals surface area (Å²) >= 11 is 0. The van der Waals surface area contributed by atoms with Crippen LogP contribution in [0.1, 0.15) is 12.7 Å². The molecule has 6 nitrogen and oxygen atoms in total. The second-order valence-electron chi connectivity index (χ2n) is 5.39. The number of para-hydroxylation sites is 1. The van der Waals surface area contributed by atoms with Gasteiger partial charge in [0, 0.05) is 0 Å². The van der Waals surface area contributed by atoms with Gasteiger partial charge in [-0.1, -0.05) is 12.1 Å². The smallest absolute Gasteiger partial charge is 0.266 e. The van der Waals surface area contributed by atoms with Crippen molar-refractivity contribution in [2.75, 3.05) is 5.75 Å². The lowest BCUT2D eigenvalue weighted by atomic mass is 10.2. The molecule has 8 heteroatoms. The predicted octanol–water partition coefficient (Wildman–Crippen LogP) is 1.96. The van der Waals surface area contributed by atoms with Crippen molar-refractivity contribution in [3.63, 3.8) is 0 Å². The van der Waals surface area contributed by atoms with Crippen molar-refractivity contribution < 1.29 is 12.8 Å². The molecule has 0 bridgehead atoms. The van der Waals surface area contributed by atoms with Crippen molar-refractivity contribution in [1.82, 2.24) is 14.3 Å². The number of nitrogens with one attached hydrogen (secondary N) is 1. The van der Waals surface area contributed by atoms with Crippen LogP contribution in [0.4, 0.5) is 4.39 Å². The Morgan fingerprint density at radius 2 is 1.80 bits per heavy atom. The SMILES string of the molecule is CCS(=O)(=O)NCc1nc2ccccc2c(=O)n1-c1ccc(F)cc1. The molecule has 0 spiro atoms. The van der Waals surface area contributed by atoms with E-state index in [1.807, 2.05) is 0 Å². The summed E-state index contributed by atoms with van der Waals surface area (Å²) in [5, 5.41) is 0.397. The summed E-state index contributed by atoms with van der Waals surface area (Å²) < 4.78 is 40.4. The largest absolute Gasteiger partial charge is 0.268 e. The van der Waals surface area contributed by atoms with Crippen LogP contribution in [0.15, 0.2) is 53.3 Å². The topological polar surface area (TPSA) is 81.1 Å². The van der Waals surface area contributed by atoms with Crippen LogP contribution in [0.25, 0.3) is 16.6 Å². The highest BCUT2D eigenvalue weighted by molar-refractivity contribution is 7.89. The number of aromatic nitrogens is 2. The van der Waals surface area contributed by atoms with Crippen LogP contribution in [0.2, 0.25) is 0 Å². The van der Waals surface area contributed by atoms with Crippen LogP contribution in [0.3, 0.4) is 0 Å². The van der Waals surface area contributed by atoms with Gasteiger partial charge in [-0.3, -0.25) is 9.36 Å². The number of rotatable bonds is 5. The average Bonchev–Trinajstić information content (AvgIpc) is 2.61. The molecule has 0 radical (unpaired) electrons. The molecule has 0 saturated heterocycles. The zero-order valence-corrected chi connectivity index (χ0v) is 14.3. The van der Waals surface area contributed by atoms with Crippen LogP contribution in [0, 0.1) is 5.82 Å². The monoisotopic (exact) mass is 361 g/mol. The molecule has 1 heterocycles. The molecule has 0 atom stereocenters. The Labute approximate surface area is 144 Å². The summed E-state index contributed by atoms with van der Waals surface area (Å²) in [6, 6.07) is 12.2. The van der Waals surface area contributed by atoms with E-state index in [4.69, 9.17) is 0 Å². The minimum atomic E-state index is -3.45. The standard InChI is InChI=1S/C17H16FN3O3S/c1-2-25(23,24)19-11-16-20-15-6-4-3-5-14(15)17(22)21(16)13-9-7-12(18)8-10-13/h3-10,19H,2,11H2,1H3. The molecule has 0 amide bonds. The van der Waals surface area contributed by atoms with Gasteiger partial charge in [-0.15, -0.1) is 0 Å². The fourth-order valence-corrected chi connectivity index (χ4v) is 2.98. The number of hydrogen-bond acceptors (Lipinski definition) is 4. The van der Waals surface area contributed by atoms with E-state index in [0.29, 0.717) is 16.6 Å². The molecule has 0 saturated carbocycles. The van der Waals surface area contributed by atoms with Crippen molar-refractivity contribution in [2.45, 2.75) is 13.5 Å².